The number of aromatic nitrogens is 5. The number of hydrogen-bond acceptors (Lipinski definition) is 7. The number of amides is 1. The van der Waals surface area contributed by atoms with Gasteiger partial charge in [0.05, 0.1) is 12.2 Å². The summed E-state index contributed by atoms with van der Waals surface area (Å²) in [7, 11) is 0. The minimum atomic E-state index is -4.94. The Morgan fingerprint density at radius 3 is 2.68 bits per heavy atom. The molecule has 0 saturated heterocycles. The van der Waals surface area contributed by atoms with Crippen molar-refractivity contribution in [1.29, 1.82) is 0 Å². The van der Waals surface area contributed by atoms with E-state index in [1.807, 2.05) is 18.2 Å². The van der Waals surface area contributed by atoms with Crippen LogP contribution in [0.4, 0.5) is 24.8 Å². The minimum Gasteiger partial charge on any atom is -0.384 e. The van der Waals surface area contributed by atoms with Crippen LogP contribution in [-0.4, -0.2) is 53.0 Å². The van der Waals surface area contributed by atoms with E-state index in [9.17, 15) is 27.9 Å². The minimum absolute atomic E-state index is 0.0519. The fourth-order valence-corrected chi connectivity index (χ4v) is 6.68. The van der Waals surface area contributed by atoms with Gasteiger partial charge in [-0.25, -0.2) is 19.3 Å². The summed E-state index contributed by atoms with van der Waals surface area (Å²) in [4.78, 5) is 40.2. The number of carbonyl (C=O) groups excluding carboxylic acids is 1. The third-order valence-corrected chi connectivity index (χ3v) is 8.95. The van der Waals surface area contributed by atoms with Gasteiger partial charge < -0.3 is 15.3 Å². The molecule has 1 fully saturated rings. The van der Waals surface area contributed by atoms with E-state index >= 15 is 0 Å². The lowest BCUT2D eigenvalue weighted by Crippen LogP contribution is -2.47. The van der Waals surface area contributed by atoms with Gasteiger partial charge in [-0.1, -0.05) is 18.2 Å². The Hall–Kier alpha value is -4.52. The highest BCUT2D eigenvalue weighted by Gasteiger charge is 2.53. The molecule has 228 valence electrons. The summed E-state index contributed by atoms with van der Waals surface area (Å²) in [5.41, 5.74) is 2.03. The highest BCUT2D eigenvalue weighted by atomic mass is 19.4. The van der Waals surface area contributed by atoms with Crippen molar-refractivity contribution < 1.29 is 23.1 Å². The van der Waals surface area contributed by atoms with Crippen molar-refractivity contribution in [3.05, 3.63) is 81.9 Å². The van der Waals surface area contributed by atoms with E-state index in [0.29, 0.717) is 29.2 Å². The van der Waals surface area contributed by atoms with Crippen LogP contribution in [0.15, 0.2) is 54.0 Å². The summed E-state index contributed by atoms with van der Waals surface area (Å²) in [6, 6.07) is 9.13. The maximum absolute atomic E-state index is 13.4. The van der Waals surface area contributed by atoms with E-state index in [1.165, 1.54) is 10.9 Å². The van der Waals surface area contributed by atoms with Gasteiger partial charge >= 0.3 is 12.1 Å². The molecule has 1 unspecified atom stereocenters. The Balaban J connectivity index is 1.27. The van der Waals surface area contributed by atoms with Crippen LogP contribution in [0, 0.1) is 0 Å². The van der Waals surface area contributed by atoms with E-state index in [2.05, 4.69) is 21.9 Å². The molecule has 13 heteroatoms. The number of rotatable bonds is 5. The maximum atomic E-state index is 13.4. The number of nitrogens with zero attached hydrogens (tertiary/aromatic N) is 6. The van der Waals surface area contributed by atoms with Gasteiger partial charge in [-0.2, -0.15) is 18.2 Å². The molecule has 4 aromatic rings. The molecule has 1 aliphatic heterocycles. The Morgan fingerprint density at radius 2 is 1.95 bits per heavy atom. The number of aryl methyl sites for hydroxylation is 1. The third kappa shape index (κ3) is 4.57. The predicted molar refractivity (Wildman–Crippen MR) is 156 cm³/mol. The number of hydrogen-bond donors (Lipinski definition) is 2. The molecule has 0 bridgehead atoms. The molecule has 1 saturated carbocycles. The monoisotopic (exact) mass is 605 g/mol. The maximum Gasteiger partial charge on any atom is 0.471 e. The molecule has 1 spiro atoms. The van der Waals surface area contributed by atoms with Crippen LogP contribution in [0.3, 0.4) is 0 Å². The van der Waals surface area contributed by atoms with Crippen LogP contribution in [0.2, 0.25) is 0 Å². The largest absolute Gasteiger partial charge is 0.471 e. The summed E-state index contributed by atoms with van der Waals surface area (Å²) in [5, 5.41) is 14.4. The Kier molecular flexibility index (Phi) is 6.26. The van der Waals surface area contributed by atoms with Gasteiger partial charge in [0.2, 0.25) is 5.95 Å². The number of alkyl halides is 3. The number of fused-ring (bicyclic) bond motifs is 4. The van der Waals surface area contributed by atoms with Crippen molar-refractivity contribution in [3.63, 3.8) is 0 Å². The van der Waals surface area contributed by atoms with E-state index in [-0.39, 0.29) is 42.2 Å². The molecule has 3 aliphatic rings. The second-order valence-electron chi connectivity index (χ2n) is 12.2. The van der Waals surface area contributed by atoms with E-state index < -0.39 is 23.1 Å². The number of halogens is 3. The Bertz CT molecular complexity index is 1910. The van der Waals surface area contributed by atoms with E-state index in [1.54, 1.807) is 29.8 Å². The van der Waals surface area contributed by atoms with Crippen LogP contribution in [0.5, 0.6) is 0 Å². The SMILES string of the molecule is C=CCn1c(=O)c2cnc(Nc3ccc4c(c3)CN(C(=O)C(F)(F)F)CC43CC3)nc2n1-c1ccc2c(n1)C(C)(O)CCC2. The van der Waals surface area contributed by atoms with Crippen molar-refractivity contribution in [2.75, 3.05) is 11.9 Å². The van der Waals surface area contributed by atoms with Gasteiger partial charge in [0.1, 0.15) is 11.0 Å². The van der Waals surface area contributed by atoms with Crippen molar-refractivity contribution in [1.82, 2.24) is 29.2 Å². The first-order valence-corrected chi connectivity index (χ1v) is 14.5. The number of benzene rings is 1. The number of nitrogens with one attached hydrogen (secondary N) is 1. The number of allylic oxidation sites excluding steroid dienone is 1. The molecule has 1 aromatic carbocycles. The number of aliphatic hydroxyl groups is 1. The zero-order valence-corrected chi connectivity index (χ0v) is 24.0. The average molecular weight is 606 g/mol. The van der Waals surface area contributed by atoms with Crippen molar-refractivity contribution in [3.8, 4) is 5.82 Å². The Labute approximate surface area is 249 Å². The van der Waals surface area contributed by atoms with Crippen molar-refractivity contribution in [2.24, 2.45) is 0 Å². The second-order valence-corrected chi connectivity index (χ2v) is 12.2. The molecule has 4 heterocycles. The first-order chi connectivity index (χ1) is 20.9. The zero-order valence-electron chi connectivity index (χ0n) is 24.0. The van der Waals surface area contributed by atoms with Crippen molar-refractivity contribution >= 4 is 28.6 Å². The zero-order chi connectivity index (χ0) is 31.0. The highest BCUT2D eigenvalue weighted by Crippen LogP contribution is 2.53. The van der Waals surface area contributed by atoms with Crippen LogP contribution < -0.4 is 10.9 Å². The summed E-state index contributed by atoms with van der Waals surface area (Å²) < 4.78 is 42.8. The fraction of sp³-hybridized carbons (Fsp3) is 0.387. The highest BCUT2D eigenvalue weighted by molar-refractivity contribution is 5.82. The van der Waals surface area contributed by atoms with Crippen LogP contribution in [0.25, 0.3) is 16.9 Å². The summed E-state index contributed by atoms with van der Waals surface area (Å²) in [5.74, 6) is -1.27. The lowest BCUT2D eigenvalue weighted by Gasteiger charge is -2.35. The first-order valence-electron chi connectivity index (χ1n) is 14.5. The van der Waals surface area contributed by atoms with Crippen LogP contribution in [-0.2, 0) is 35.3 Å². The van der Waals surface area contributed by atoms with Crippen LogP contribution in [0.1, 0.15) is 55.0 Å². The molecule has 10 nitrogen and oxygen atoms in total. The quantitative estimate of drug-likeness (QED) is 0.324. The molecule has 1 atom stereocenters. The van der Waals surface area contributed by atoms with Gasteiger partial charge in [-0.3, -0.25) is 9.59 Å². The van der Waals surface area contributed by atoms with Gasteiger partial charge in [-0.05, 0) is 73.9 Å². The lowest BCUT2D eigenvalue weighted by molar-refractivity contribution is -0.187. The van der Waals surface area contributed by atoms with E-state index in [4.69, 9.17) is 4.98 Å². The molecule has 44 heavy (non-hydrogen) atoms. The molecule has 7 rings (SSSR count). The number of pyridine rings is 1. The molecule has 0 radical (unpaired) electrons. The number of carbonyl (C=O) groups is 1. The summed E-state index contributed by atoms with van der Waals surface area (Å²) in [6.45, 7) is 5.59. The third-order valence-electron chi connectivity index (χ3n) is 8.95. The van der Waals surface area contributed by atoms with Crippen LogP contribution >= 0.6 is 0 Å². The summed E-state index contributed by atoms with van der Waals surface area (Å²) >= 11 is 0. The predicted octanol–water partition coefficient (Wildman–Crippen LogP) is 4.39. The fourth-order valence-electron chi connectivity index (χ4n) is 6.68. The van der Waals surface area contributed by atoms with Gasteiger partial charge in [-0.15, -0.1) is 6.58 Å². The average Bonchev–Trinajstić information content (AvgIpc) is 3.69. The molecule has 2 aliphatic carbocycles. The Morgan fingerprint density at radius 1 is 1.16 bits per heavy atom. The smallest absolute Gasteiger partial charge is 0.384 e. The van der Waals surface area contributed by atoms with Gasteiger partial charge in [0.25, 0.3) is 5.56 Å². The van der Waals surface area contributed by atoms with Gasteiger partial charge in [0, 0.05) is 30.4 Å². The van der Waals surface area contributed by atoms with Crippen molar-refractivity contribution in [2.45, 2.75) is 69.3 Å². The molecule has 2 N–H and O–H groups in total. The van der Waals surface area contributed by atoms with E-state index in [0.717, 1.165) is 41.7 Å². The molecule has 3 aromatic heterocycles. The summed E-state index contributed by atoms with van der Waals surface area (Å²) in [6.07, 6.45) is 1.72. The normalized spacial score (nSPS) is 20.3. The molecular weight excluding hydrogens is 575 g/mol. The molecular formula is C31H30F3N7O3. The molecule has 1 amide bonds. The number of anilines is 2. The standard InChI is InChI=1S/C31H30F3N7O3/c1-3-13-40-26(42)21-15-35-28(38-25(21)41(40)23-9-6-18-5-4-10-29(2,44)24(18)37-23)36-20-7-8-22-19(14-20)16-39(17-30(22)11-12-30)27(43)31(32,33)34/h3,6-9,14-15,44H,1,4-5,10-13,16-17H2,2H3,(H,35,36,38). The first kappa shape index (κ1) is 28.3. The lowest BCUT2D eigenvalue weighted by atomic mass is 9.84. The van der Waals surface area contributed by atoms with Gasteiger partial charge in [0.15, 0.2) is 11.5 Å². The second kappa shape index (κ2) is 9.74. The topological polar surface area (TPSA) is 118 Å².